The van der Waals surface area contributed by atoms with E-state index in [4.69, 9.17) is 4.74 Å². The van der Waals surface area contributed by atoms with Crippen molar-refractivity contribution in [2.24, 2.45) is 0 Å². The number of benzene rings is 2. The van der Waals surface area contributed by atoms with Gasteiger partial charge in [-0.15, -0.1) is 0 Å². The molecule has 0 aromatic heterocycles. The summed E-state index contributed by atoms with van der Waals surface area (Å²) in [4.78, 5) is 0. The van der Waals surface area contributed by atoms with Crippen molar-refractivity contribution in [1.29, 1.82) is 0 Å². The number of sulfonamides is 1. The first-order valence-electron chi connectivity index (χ1n) is 12.4. The lowest BCUT2D eigenvalue weighted by atomic mass is 9.85. The van der Waals surface area contributed by atoms with Crippen molar-refractivity contribution in [3.63, 3.8) is 0 Å². The first kappa shape index (κ1) is 27.4. The Labute approximate surface area is 211 Å². The molecule has 1 heterocycles. The van der Waals surface area contributed by atoms with Gasteiger partial charge < -0.3 is 9.94 Å². The summed E-state index contributed by atoms with van der Waals surface area (Å²) < 4.78 is 36.0. The van der Waals surface area contributed by atoms with E-state index in [0.717, 1.165) is 21.4 Å². The minimum atomic E-state index is -3.83. The van der Waals surface area contributed by atoms with Crippen molar-refractivity contribution in [3.8, 4) is 0 Å². The molecule has 0 bridgehead atoms. The Hall–Kier alpha value is -2.22. The van der Waals surface area contributed by atoms with Gasteiger partial charge >= 0.3 is 0 Å². The number of nitrogens with zero attached hydrogens (tertiary/aromatic N) is 2. The van der Waals surface area contributed by atoms with Crippen molar-refractivity contribution in [2.75, 3.05) is 6.61 Å². The van der Waals surface area contributed by atoms with E-state index in [0.29, 0.717) is 11.6 Å². The van der Waals surface area contributed by atoms with Crippen molar-refractivity contribution < 1.29 is 17.9 Å². The monoisotopic (exact) mass is 500 g/mol. The molecule has 0 amide bonds. The molecule has 192 valence electrons. The summed E-state index contributed by atoms with van der Waals surface area (Å²) >= 11 is 0. The molecule has 0 saturated carbocycles. The predicted octanol–water partition coefficient (Wildman–Crippen LogP) is 6.24. The Morgan fingerprint density at radius 1 is 1.03 bits per heavy atom. The fraction of sp³-hybridized carbons (Fsp3) is 0.536. The van der Waals surface area contributed by atoms with E-state index in [1.807, 2.05) is 6.07 Å². The highest BCUT2D eigenvalue weighted by atomic mass is 32.2. The zero-order valence-electron chi connectivity index (χ0n) is 22.3. The highest BCUT2D eigenvalue weighted by Crippen LogP contribution is 2.37. The summed E-state index contributed by atoms with van der Waals surface area (Å²) in [6, 6.07) is 12.4. The molecule has 7 heteroatoms. The molecule has 0 aliphatic carbocycles. The zero-order valence-corrected chi connectivity index (χ0v) is 23.1. The third kappa shape index (κ3) is 5.96. The van der Waals surface area contributed by atoms with E-state index in [1.165, 1.54) is 16.1 Å². The lowest BCUT2D eigenvalue weighted by Gasteiger charge is -2.32. The third-order valence-electron chi connectivity index (χ3n) is 6.64. The molecule has 3 rings (SSSR count). The average molecular weight is 501 g/mol. The minimum Gasteiger partial charge on any atom is -0.618 e. The molecule has 2 aromatic carbocycles. The summed E-state index contributed by atoms with van der Waals surface area (Å²) in [5.74, 6) is 0.573. The van der Waals surface area contributed by atoms with Crippen molar-refractivity contribution >= 4 is 21.9 Å². The van der Waals surface area contributed by atoms with Gasteiger partial charge in [-0.2, -0.15) is 9.04 Å². The summed E-state index contributed by atoms with van der Waals surface area (Å²) in [6.07, 6.45) is 1.40. The van der Waals surface area contributed by atoms with Crippen LogP contribution in [0.15, 0.2) is 42.5 Å². The SMILES string of the molecule is CC(C)c1cc(C(C)C)c(CS(=O)(=O)N2[C@H](/C=[N+](\[O-])c3ccccc3)COC2(C)C)c(C(C)C)c1. The second kappa shape index (κ2) is 10.4. The molecular weight excluding hydrogens is 460 g/mol. The molecule has 0 radical (unpaired) electrons. The normalized spacial score (nSPS) is 19.3. The third-order valence-corrected chi connectivity index (χ3v) is 8.60. The Kier molecular flexibility index (Phi) is 8.14. The summed E-state index contributed by atoms with van der Waals surface area (Å²) in [5.41, 5.74) is 3.60. The molecule has 1 aliphatic rings. The highest BCUT2D eigenvalue weighted by molar-refractivity contribution is 7.88. The van der Waals surface area contributed by atoms with Gasteiger partial charge in [-0.05, 0) is 53.9 Å². The molecular formula is C28H40N2O4S. The van der Waals surface area contributed by atoms with Gasteiger partial charge in [0, 0.05) is 12.1 Å². The standard InChI is InChI=1S/C28H40N2O4S/c1-19(2)22-14-25(20(3)4)27(26(15-22)21(5)6)18-35(32,33)30-24(17-34-28(30,7)8)16-29(31)23-12-10-9-11-13-23/h9-16,19-21,24H,17-18H2,1-8H3/b29-16-/t24-/m1/s1. The molecule has 6 nitrogen and oxygen atoms in total. The Morgan fingerprint density at radius 2 is 1.57 bits per heavy atom. The van der Waals surface area contributed by atoms with Crippen LogP contribution in [0.2, 0.25) is 0 Å². The van der Waals surface area contributed by atoms with E-state index in [2.05, 4.69) is 53.7 Å². The van der Waals surface area contributed by atoms with Crippen molar-refractivity contribution in [2.45, 2.75) is 90.7 Å². The zero-order chi connectivity index (χ0) is 26.1. The molecule has 1 saturated heterocycles. The van der Waals surface area contributed by atoms with E-state index >= 15 is 0 Å². The fourth-order valence-electron chi connectivity index (χ4n) is 4.81. The smallest absolute Gasteiger partial charge is 0.221 e. The maximum Gasteiger partial charge on any atom is 0.221 e. The lowest BCUT2D eigenvalue weighted by molar-refractivity contribution is -0.357. The molecule has 2 aromatic rings. The van der Waals surface area contributed by atoms with Gasteiger partial charge in [-0.25, -0.2) is 8.42 Å². The largest absolute Gasteiger partial charge is 0.618 e. The van der Waals surface area contributed by atoms with Gasteiger partial charge in [0.05, 0.1) is 12.4 Å². The summed E-state index contributed by atoms with van der Waals surface area (Å²) in [7, 11) is -3.83. The quantitative estimate of drug-likeness (QED) is 0.186. The number of rotatable bonds is 8. The second-order valence-electron chi connectivity index (χ2n) is 10.8. The van der Waals surface area contributed by atoms with Crippen LogP contribution in [0.1, 0.15) is 95.4 Å². The van der Waals surface area contributed by atoms with Crippen LogP contribution in [0.3, 0.4) is 0 Å². The van der Waals surface area contributed by atoms with Gasteiger partial charge in [0.25, 0.3) is 0 Å². The maximum absolute atomic E-state index is 14.0. The summed E-state index contributed by atoms with van der Waals surface area (Å²) in [6.45, 7) is 16.3. The molecule has 0 spiro atoms. The van der Waals surface area contributed by atoms with Crippen LogP contribution in [-0.2, 0) is 20.5 Å². The number of hydrogen-bond acceptors (Lipinski definition) is 4. The molecule has 1 aliphatic heterocycles. The van der Waals surface area contributed by atoms with Gasteiger partial charge in [0.1, 0.15) is 11.8 Å². The van der Waals surface area contributed by atoms with Crippen LogP contribution in [-0.4, -0.2) is 42.1 Å². The van der Waals surface area contributed by atoms with E-state index in [-0.39, 0.29) is 24.2 Å². The van der Waals surface area contributed by atoms with Gasteiger partial charge in [0.15, 0.2) is 6.21 Å². The van der Waals surface area contributed by atoms with E-state index in [9.17, 15) is 13.6 Å². The predicted molar refractivity (Wildman–Crippen MR) is 143 cm³/mol. The van der Waals surface area contributed by atoms with Gasteiger partial charge in [-0.3, -0.25) is 0 Å². The van der Waals surface area contributed by atoms with Crippen LogP contribution < -0.4 is 0 Å². The Bertz CT molecular complexity index is 1140. The topological polar surface area (TPSA) is 72.7 Å². The minimum absolute atomic E-state index is 0.123. The van der Waals surface area contributed by atoms with Crippen molar-refractivity contribution in [3.05, 3.63) is 69.9 Å². The highest BCUT2D eigenvalue weighted by Gasteiger charge is 2.49. The van der Waals surface area contributed by atoms with Crippen LogP contribution in [0, 0.1) is 5.21 Å². The molecule has 1 atom stereocenters. The van der Waals surface area contributed by atoms with Gasteiger partial charge in [-0.1, -0.05) is 71.9 Å². The second-order valence-corrected chi connectivity index (χ2v) is 12.7. The van der Waals surface area contributed by atoms with Crippen molar-refractivity contribution in [1.82, 2.24) is 4.31 Å². The molecule has 1 fully saturated rings. The van der Waals surface area contributed by atoms with Gasteiger partial charge in [0.2, 0.25) is 15.7 Å². The number of ether oxygens (including phenoxy) is 1. The number of hydrogen-bond donors (Lipinski definition) is 0. The summed E-state index contributed by atoms with van der Waals surface area (Å²) in [5, 5.41) is 12.8. The fourth-order valence-corrected chi connectivity index (χ4v) is 6.89. The Morgan fingerprint density at radius 3 is 2.06 bits per heavy atom. The van der Waals surface area contributed by atoms with E-state index < -0.39 is 21.8 Å². The number of para-hydroxylation sites is 1. The van der Waals surface area contributed by atoms with Crippen LogP contribution in [0.25, 0.3) is 0 Å². The Balaban J connectivity index is 2.08. The van der Waals surface area contributed by atoms with Crippen LogP contribution in [0.4, 0.5) is 5.69 Å². The van der Waals surface area contributed by atoms with Crippen LogP contribution in [0.5, 0.6) is 0 Å². The molecule has 0 N–H and O–H groups in total. The van der Waals surface area contributed by atoms with Crippen LogP contribution >= 0.6 is 0 Å². The molecule has 0 unspecified atom stereocenters. The average Bonchev–Trinajstić information content (AvgIpc) is 3.08. The first-order chi connectivity index (χ1) is 16.2. The molecule has 35 heavy (non-hydrogen) atoms. The first-order valence-corrected chi connectivity index (χ1v) is 14.0. The van der Waals surface area contributed by atoms with E-state index in [1.54, 1.807) is 38.1 Å². The maximum atomic E-state index is 14.0. The lowest BCUT2D eigenvalue weighted by Crippen LogP contribution is -2.49.